The number of rotatable bonds is 10. The molecule has 1 unspecified atom stereocenters. The second-order valence-electron chi connectivity index (χ2n) is 7.08. The highest BCUT2D eigenvalue weighted by molar-refractivity contribution is 7.89. The third kappa shape index (κ3) is 6.96. The molecule has 30 heavy (non-hydrogen) atoms. The number of nitrogens with one attached hydrogen (secondary N) is 2. The van der Waals surface area contributed by atoms with Gasteiger partial charge in [0.25, 0.3) is 5.91 Å². The first kappa shape index (κ1) is 23.6. The van der Waals surface area contributed by atoms with Crippen LogP contribution in [0.3, 0.4) is 0 Å². The summed E-state index contributed by atoms with van der Waals surface area (Å²) in [4.78, 5) is 24.5. The lowest BCUT2D eigenvalue weighted by atomic mass is 10.0. The lowest BCUT2D eigenvalue weighted by Crippen LogP contribution is -2.41. The molecule has 2 atom stereocenters. The summed E-state index contributed by atoms with van der Waals surface area (Å²) >= 11 is 0. The Morgan fingerprint density at radius 2 is 1.67 bits per heavy atom. The molecule has 1 amide bonds. The topological polar surface area (TPSA) is 102 Å². The Labute approximate surface area is 177 Å². The van der Waals surface area contributed by atoms with Crippen LogP contribution in [-0.2, 0) is 24.3 Å². The van der Waals surface area contributed by atoms with Gasteiger partial charge in [-0.2, -0.15) is 4.72 Å². The van der Waals surface area contributed by atoms with E-state index in [9.17, 15) is 18.0 Å². The molecular formula is C22H28N2O5S. The van der Waals surface area contributed by atoms with Crippen molar-refractivity contribution in [3.05, 3.63) is 65.7 Å². The normalized spacial score (nSPS) is 13.3. The van der Waals surface area contributed by atoms with Gasteiger partial charge in [0.05, 0.1) is 10.9 Å². The molecule has 0 aromatic heterocycles. The molecule has 0 heterocycles. The Bertz CT molecular complexity index is 943. The molecule has 0 bridgehead atoms. The van der Waals surface area contributed by atoms with Crippen molar-refractivity contribution in [2.75, 3.05) is 6.61 Å². The highest BCUT2D eigenvalue weighted by Gasteiger charge is 2.24. The first-order valence-electron chi connectivity index (χ1n) is 9.83. The molecule has 0 fully saturated rings. The van der Waals surface area contributed by atoms with Gasteiger partial charge in [0, 0.05) is 0 Å². The highest BCUT2D eigenvalue weighted by Crippen LogP contribution is 2.18. The molecule has 2 aromatic rings. The molecule has 2 rings (SSSR count). The van der Waals surface area contributed by atoms with Crippen molar-refractivity contribution >= 4 is 21.9 Å². The fourth-order valence-electron chi connectivity index (χ4n) is 2.86. The minimum atomic E-state index is -3.87. The van der Waals surface area contributed by atoms with E-state index < -0.39 is 34.5 Å². The van der Waals surface area contributed by atoms with E-state index in [2.05, 4.69) is 10.0 Å². The third-order valence-corrected chi connectivity index (χ3v) is 6.03. The number of carbonyl (C=O) groups is 2. The van der Waals surface area contributed by atoms with Crippen molar-refractivity contribution in [3.8, 4) is 0 Å². The minimum Gasteiger partial charge on any atom is -0.454 e. The molecule has 7 nitrogen and oxygen atoms in total. The van der Waals surface area contributed by atoms with Crippen molar-refractivity contribution in [1.29, 1.82) is 0 Å². The van der Waals surface area contributed by atoms with Gasteiger partial charge in [-0.3, -0.25) is 9.59 Å². The van der Waals surface area contributed by atoms with Crippen LogP contribution in [0.25, 0.3) is 0 Å². The molecule has 0 saturated heterocycles. The number of amides is 1. The average molecular weight is 433 g/mol. The van der Waals surface area contributed by atoms with Crippen LogP contribution in [0, 0.1) is 6.92 Å². The van der Waals surface area contributed by atoms with E-state index in [1.165, 1.54) is 19.1 Å². The molecule has 0 aliphatic rings. The first-order chi connectivity index (χ1) is 14.2. The Morgan fingerprint density at radius 3 is 2.27 bits per heavy atom. The Morgan fingerprint density at radius 1 is 1.03 bits per heavy atom. The minimum absolute atomic E-state index is 0.0516. The molecule has 0 spiro atoms. The fraction of sp³-hybridized carbons (Fsp3) is 0.364. The zero-order valence-electron chi connectivity index (χ0n) is 17.4. The van der Waals surface area contributed by atoms with Crippen molar-refractivity contribution < 1.29 is 22.7 Å². The highest BCUT2D eigenvalue weighted by atomic mass is 32.2. The van der Waals surface area contributed by atoms with E-state index in [1.54, 1.807) is 12.1 Å². The summed E-state index contributed by atoms with van der Waals surface area (Å²) in [5.74, 6) is -1.27. The molecule has 2 aromatic carbocycles. The zero-order valence-corrected chi connectivity index (χ0v) is 18.2. The van der Waals surface area contributed by atoms with Crippen molar-refractivity contribution in [2.45, 2.75) is 50.6 Å². The molecule has 0 radical (unpaired) electrons. The van der Waals surface area contributed by atoms with E-state index >= 15 is 0 Å². The third-order valence-electron chi connectivity index (χ3n) is 4.48. The summed E-state index contributed by atoms with van der Waals surface area (Å²) in [7, 11) is -3.87. The van der Waals surface area contributed by atoms with E-state index in [0.717, 1.165) is 24.0 Å². The van der Waals surface area contributed by atoms with E-state index in [-0.39, 0.29) is 10.9 Å². The zero-order chi connectivity index (χ0) is 22.1. The number of hydrogen-bond donors (Lipinski definition) is 2. The quantitative estimate of drug-likeness (QED) is 0.562. The summed E-state index contributed by atoms with van der Waals surface area (Å²) in [5.41, 5.74) is 1.89. The number of benzene rings is 2. The number of sulfonamides is 1. The van der Waals surface area contributed by atoms with Crippen molar-refractivity contribution in [3.63, 3.8) is 0 Å². The summed E-state index contributed by atoms with van der Waals surface area (Å²) in [6.45, 7) is 4.75. The SMILES string of the molecule is CCCC(NC(=O)COC(=O)[C@H](C)NS(=O)(=O)c1ccc(C)cc1)c1ccccc1. The second-order valence-corrected chi connectivity index (χ2v) is 8.80. The van der Waals surface area contributed by atoms with Crippen molar-refractivity contribution in [1.82, 2.24) is 10.0 Å². The standard InChI is InChI=1S/C22H28N2O5S/c1-4-8-20(18-9-6-5-7-10-18)23-21(25)15-29-22(26)17(3)24-30(27,28)19-13-11-16(2)12-14-19/h5-7,9-14,17,20,24H,4,8,15H2,1-3H3,(H,23,25)/t17-,20?/m0/s1. The number of ether oxygens (including phenoxy) is 1. The average Bonchev–Trinajstić information content (AvgIpc) is 2.72. The van der Waals surface area contributed by atoms with Gasteiger partial charge in [-0.15, -0.1) is 0 Å². The molecule has 0 aliphatic heterocycles. The number of esters is 1. The Hall–Kier alpha value is -2.71. The fourth-order valence-corrected chi connectivity index (χ4v) is 4.05. The molecule has 8 heteroatoms. The largest absolute Gasteiger partial charge is 0.454 e. The summed E-state index contributed by atoms with van der Waals surface area (Å²) in [6.07, 6.45) is 1.62. The predicted octanol–water partition coefficient (Wildman–Crippen LogP) is 2.86. The molecule has 0 saturated carbocycles. The van der Waals surface area contributed by atoms with Crippen LogP contribution < -0.4 is 10.0 Å². The number of aryl methyl sites for hydroxylation is 1. The van der Waals surface area contributed by atoms with Crippen LogP contribution in [0.2, 0.25) is 0 Å². The predicted molar refractivity (Wildman–Crippen MR) is 114 cm³/mol. The second kappa shape index (κ2) is 10.9. The van der Waals surface area contributed by atoms with Gasteiger partial charge in [0.2, 0.25) is 10.0 Å². The van der Waals surface area contributed by atoms with Gasteiger partial charge in [-0.25, -0.2) is 8.42 Å². The lowest BCUT2D eigenvalue weighted by Gasteiger charge is -2.19. The smallest absolute Gasteiger partial charge is 0.324 e. The van der Waals surface area contributed by atoms with Crippen molar-refractivity contribution in [2.24, 2.45) is 0 Å². The van der Waals surface area contributed by atoms with Crippen LogP contribution in [-0.4, -0.2) is 32.9 Å². The number of carbonyl (C=O) groups excluding carboxylic acids is 2. The molecule has 2 N–H and O–H groups in total. The van der Waals surface area contributed by atoms with Crippen LogP contribution in [0.1, 0.15) is 43.9 Å². The van der Waals surface area contributed by atoms with E-state index in [1.807, 2.05) is 44.2 Å². The summed E-state index contributed by atoms with van der Waals surface area (Å²) in [5, 5.41) is 2.85. The van der Waals surface area contributed by atoms with Gasteiger partial charge < -0.3 is 10.1 Å². The summed E-state index contributed by atoms with van der Waals surface area (Å²) in [6, 6.07) is 14.5. The first-order valence-corrected chi connectivity index (χ1v) is 11.3. The Kier molecular flexibility index (Phi) is 8.56. The van der Waals surface area contributed by atoms with Gasteiger partial charge in [-0.05, 0) is 38.0 Å². The molecular weight excluding hydrogens is 404 g/mol. The summed E-state index contributed by atoms with van der Waals surface area (Å²) < 4.78 is 32.0. The molecule has 162 valence electrons. The van der Waals surface area contributed by atoms with Gasteiger partial charge >= 0.3 is 5.97 Å². The van der Waals surface area contributed by atoms with Gasteiger partial charge in [0.1, 0.15) is 6.04 Å². The van der Waals surface area contributed by atoms with Gasteiger partial charge in [-0.1, -0.05) is 61.4 Å². The van der Waals surface area contributed by atoms with Crippen LogP contribution in [0.15, 0.2) is 59.5 Å². The van der Waals surface area contributed by atoms with Crippen LogP contribution >= 0.6 is 0 Å². The monoisotopic (exact) mass is 432 g/mol. The maximum absolute atomic E-state index is 12.4. The Balaban J connectivity index is 1.89. The van der Waals surface area contributed by atoms with Crippen LogP contribution in [0.5, 0.6) is 0 Å². The maximum atomic E-state index is 12.4. The van der Waals surface area contributed by atoms with Crippen LogP contribution in [0.4, 0.5) is 0 Å². The van der Waals surface area contributed by atoms with Gasteiger partial charge in [0.15, 0.2) is 6.61 Å². The number of hydrogen-bond acceptors (Lipinski definition) is 5. The molecule has 0 aliphatic carbocycles. The maximum Gasteiger partial charge on any atom is 0.324 e. The van der Waals surface area contributed by atoms with E-state index in [4.69, 9.17) is 4.74 Å². The van der Waals surface area contributed by atoms with E-state index in [0.29, 0.717) is 0 Å². The lowest BCUT2D eigenvalue weighted by molar-refractivity contribution is -0.150.